The first-order valence-corrected chi connectivity index (χ1v) is 11.1. The van der Waals surface area contributed by atoms with Crippen LogP contribution in [0.25, 0.3) is 10.9 Å². The predicted octanol–water partition coefficient (Wildman–Crippen LogP) is 4.56. The zero-order valence-electron chi connectivity index (χ0n) is 16.3. The van der Waals surface area contributed by atoms with Gasteiger partial charge in [-0.1, -0.05) is 23.9 Å². The van der Waals surface area contributed by atoms with Crippen molar-refractivity contribution in [1.82, 2.24) is 9.55 Å². The lowest BCUT2D eigenvalue weighted by molar-refractivity contribution is 0.0743. The fourth-order valence-electron chi connectivity index (χ4n) is 2.78. The fraction of sp³-hybridized carbons (Fsp3) is 0.381. The van der Waals surface area contributed by atoms with Crippen LogP contribution in [-0.4, -0.2) is 33.8 Å². The molecule has 0 radical (unpaired) electrons. The molecule has 2 heterocycles. The van der Waals surface area contributed by atoms with Gasteiger partial charge >= 0.3 is 0 Å². The normalized spacial score (nSPS) is 11.4. The van der Waals surface area contributed by atoms with Crippen LogP contribution in [0.3, 0.4) is 0 Å². The summed E-state index contributed by atoms with van der Waals surface area (Å²) in [4.78, 5) is 32.0. The van der Waals surface area contributed by atoms with Crippen molar-refractivity contribution in [2.24, 2.45) is 0 Å². The first-order valence-electron chi connectivity index (χ1n) is 9.29. The second kappa shape index (κ2) is 9.49. The molecule has 0 aliphatic carbocycles. The molecule has 0 amide bonds. The number of carbonyl (C=O) groups excluding carboxylic acids is 1. The van der Waals surface area contributed by atoms with Gasteiger partial charge in [-0.25, -0.2) is 4.98 Å². The molecule has 1 aromatic carbocycles. The molecule has 0 atom stereocenters. The minimum Gasteiger partial charge on any atom is -0.379 e. The highest BCUT2D eigenvalue weighted by Crippen LogP contribution is 2.22. The van der Waals surface area contributed by atoms with Crippen LogP contribution in [0, 0.1) is 6.92 Å². The summed E-state index contributed by atoms with van der Waals surface area (Å²) in [5.41, 5.74) is 0.584. The van der Waals surface area contributed by atoms with Gasteiger partial charge in [0.15, 0.2) is 10.9 Å². The average molecular weight is 417 g/mol. The molecule has 3 rings (SSSR count). The number of Topliss-reactive ketones (excluding diaryl/α,β-unsaturated/α-hetero) is 1. The van der Waals surface area contributed by atoms with Crippen LogP contribution < -0.4 is 5.56 Å². The number of para-hydroxylation sites is 1. The van der Waals surface area contributed by atoms with E-state index in [1.54, 1.807) is 10.6 Å². The van der Waals surface area contributed by atoms with E-state index in [-0.39, 0.29) is 23.2 Å². The van der Waals surface area contributed by atoms with Gasteiger partial charge in [-0.05, 0) is 51.5 Å². The highest BCUT2D eigenvalue weighted by molar-refractivity contribution is 7.99. The molecular weight excluding hydrogens is 392 g/mol. The third kappa shape index (κ3) is 5.10. The number of fused-ring (bicyclic) bond motifs is 1. The fourth-order valence-corrected chi connectivity index (χ4v) is 4.59. The first kappa shape index (κ1) is 20.8. The van der Waals surface area contributed by atoms with Gasteiger partial charge in [0.2, 0.25) is 0 Å². The summed E-state index contributed by atoms with van der Waals surface area (Å²) in [6, 6.07) is 11.1. The monoisotopic (exact) mass is 416 g/mol. The topological polar surface area (TPSA) is 61.2 Å². The maximum absolute atomic E-state index is 13.0. The van der Waals surface area contributed by atoms with Gasteiger partial charge in [-0.2, -0.15) is 0 Å². The molecule has 28 heavy (non-hydrogen) atoms. The Kier molecular flexibility index (Phi) is 7.04. The summed E-state index contributed by atoms with van der Waals surface area (Å²) in [5.74, 6) is 0.313. The summed E-state index contributed by atoms with van der Waals surface area (Å²) in [5, 5.41) is 1.17. The highest BCUT2D eigenvalue weighted by atomic mass is 32.2. The van der Waals surface area contributed by atoms with Crippen molar-refractivity contribution in [3.63, 3.8) is 0 Å². The van der Waals surface area contributed by atoms with Crippen LogP contribution in [0.5, 0.6) is 0 Å². The molecule has 0 N–H and O–H groups in total. The predicted molar refractivity (Wildman–Crippen MR) is 116 cm³/mol. The van der Waals surface area contributed by atoms with E-state index >= 15 is 0 Å². The van der Waals surface area contributed by atoms with Crippen molar-refractivity contribution in [1.29, 1.82) is 0 Å². The smallest absolute Gasteiger partial charge is 0.262 e. The molecule has 0 fully saturated rings. The molecule has 0 saturated heterocycles. The SMILES string of the molecule is Cc1ccc(C(=O)CSc2nc3ccccc3c(=O)n2CCCOC(C)C)s1. The van der Waals surface area contributed by atoms with Crippen molar-refractivity contribution >= 4 is 39.8 Å². The molecule has 0 unspecified atom stereocenters. The Labute approximate surface area is 172 Å². The van der Waals surface area contributed by atoms with Gasteiger partial charge in [-0.3, -0.25) is 14.2 Å². The molecule has 3 aromatic rings. The minimum absolute atomic E-state index is 0.0557. The van der Waals surface area contributed by atoms with E-state index < -0.39 is 0 Å². The Hall–Kier alpha value is -1.96. The number of ketones is 1. The highest BCUT2D eigenvalue weighted by Gasteiger charge is 2.15. The standard InChI is InChI=1S/C21H24N2O3S2/c1-14(2)26-12-6-11-23-20(25)16-7-4-5-8-17(16)22-21(23)27-13-18(24)19-10-9-15(3)28-19/h4-5,7-10,14H,6,11-13H2,1-3H3. The Morgan fingerprint density at radius 2 is 2.04 bits per heavy atom. The lowest BCUT2D eigenvalue weighted by Gasteiger charge is -2.13. The van der Waals surface area contributed by atoms with Gasteiger partial charge in [0.05, 0.1) is 27.6 Å². The summed E-state index contributed by atoms with van der Waals surface area (Å²) in [6.45, 7) is 7.05. The van der Waals surface area contributed by atoms with E-state index in [0.717, 1.165) is 9.75 Å². The number of hydrogen-bond acceptors (Lipinski definition) is 6. The zero-order valence-corrected chi connectivity index (χ0v) is 17.9. The maximum atomic E-state index is 13.0. The molecule has 0 aliphatic rings. The maximum Gasteiger partial charge on any atom is 0.262 e. The number of carbonyl (C=O) groups is 1. The van der Waals surface area contributed by atoms with Gasteiger partial charge in [0.25, 0.3) is 5.56 Å². The van der Waals surface area contributed by atoms with Gasteiger partial charge < -0.3 is 4.74 Å². The number of ether oxygens (including phenoxy) is 1. The second-order valence-electron chi connectivity index (χ2n) is 6.76. The molecule has 0 spiro atoms. The van der Waals surface area contributed by atoms with Crippen molar-refractivity contribution in [3.05, 3.63) is 56.5 Å². The molecule has 0 saturated carbocycles. The molecule has 2 aromatic heterocycles. The number of aromatic nitrogens is 2. The largest absolute Gasteiger partial charge is 0.379 e. The van der Waals surface area contributed by atoms with Crippen molar-refractivity contribution in [3.8, 4) is 0 Å². The summed E-state index contributed by atoms with van der Waals surface area (Å²) >= 11 is 2.81. The van der Waals surface area contributed by atoms with E-state index in [1.807, 2.05) is 51.1 Å². The van der Waals surface area contributed by atoms with Gasteiger partial charge in [-0.15, -0.1) is 11.3 Å². The van der Waals surface area contributed by atoms with E-state index in [0.29, 0.717) is 35.6 Å². The van der Waals surface area contributed by atoms with Crippen LogP contribution in [0.15, 0.2) is 46.3 Å². The molecule has 5 nitrogen and oxygen atoms in total. The van der Waals surface area contributed by atoms with Crippen molar-refractivity contribution in [2.45, 2.75) is 45.0 Å². The van der Waals surface area contributed by atoms with Gasteiger partial charge in [0.1, 0.15) is 0 Å². The Morgan fingerprint density at radius 1 is 1.25 bits per heavy atom. The van der Waals surface area contributed by atoms with E-state index in [4.69, 9.17) is 4.74 Å². The summed E-state index contributed by atoms with van der Waals surface area (Å²) < 4.78 is 7.26. The number of aryl methyl sites for hydroxylation is 1. The van der Waals surface area contributed by atoms with Crippen LogP contribution in [0.2, 0.25) is 0 Å². The lowest BCUT2D eigenvalue weighted by atomic mass is 10.2. The lowest BCUT2D eigenvalue weighted by Crippen LogP contribution is -2.24. The number of hydrogen-bond donors (Lipinski definition) is 0. The summed E-state index contributed by atoms with van der Waals surface area (Å²) in [7, 11) is 0. The van der Waals surface area contributed by atoms with Crippen LogP contribution in [0.1, 0.15) is 34.8 Å². The third-order valence-electron chi connectivity index (χ3n) is 4.15. The number of thioether (sulfide) groups is 1. The second-order valence-corrected chi connectivity index (χ2v) is 8.99. The van der Waals surface area contributed by atoms with Crippen molar-refractivity contribution in [2.75, 3.05) is 12.4 Å². The molecule has 0 bridgehead atoms. The van der Waals surface area contributed by atoms with Crippen LogP contribution in [0.4, 0.5) is 0 Å². The van der Waals surface area contributed by atoms with Crippen LogP contribution >= 0.6 is 23.1 Å². The Morgan fingerprint density at radius 3 is 2.75 bits per heavy atom. The Bertz CT molecular complexity index is 1020. The minimum atomic E-state index is -0.0722. The number of thiophene rings is 1. The zero-order chi connectivity index (χ0) is 20.1. The molecule has 0 aliphatic heterocycles. The van der Waals surface area contributed by atoms with E-state index in [2.05, 4.69) is 4.98 Å². The van der Waals surface area contributed by atoms with Gasteiger partial charge in [0, 0.05) is 18.0 Å². The van der Waals surface area contributed by atoms with E-state index in [1.165, 1.54) is 23.1 Å². The van der Waals surface area contributed by atoms with Crippen LogP contribution in [-0.2, 0) is 11.3 Å². The first-order chi connectivity index (χ1) is 13.5. The average Bonchev–Trinajstić information content (AvgIpc) is 3.11. The number of benzene rings is 1. The molecular formula is C21H24N2O3S2. The molecule has 148 valence electrons. The Balaban J connectivity index is 1.82. The van der Waals surface area contributed by atoms with E-state index in [9.17, 15) is 9.59 Å². The third-order valence-corrected chi connectivity index (χ3v) is 6.17. The molecule has 7 heteroatoms. The summed E-state index contributed by atoms with van der Waals surface area (Å²) in [6.07, 6.45) is 0.871. The number of rotatable bonds is 9. The quantitative estimate of drug-likeness (QED) is 0.222. The number of nitrogens with zero attached hydrogens (tertiary/aromatic N) is 2. The van der Waals surface area contributed by atoms with Crippen molar-refractivity contribution < 1.29 is 9.53 Å².